The molecule has 0 heterocycles. The highest BCUT2D eigenvalue weighted by molar-refractivity contribution is 7.80. The molecule has 0 saturated heterocycles. The molecule has 0 radical (unpaired) electrons. The third-order valence-electron chi connectivity index (χ3n) is 6.09. The van der Waals surface area contributed by atoms with Gasteiger partial charge in [0.1, 0.15) is 6.54 Å². The minimum absolute atomic E-state index is 1.04. The molecule has 2 heteroatoms. The molecule has 0 saturated carbocycles. The third-order valence-corrected chi connectivity index (χ3v) is 6.48. The standard InChI is InChI=1S/C19H34N.C10H8S/c1-4-7-15-20(16-8-5-2,17-9-6-3)18-19-13-11-10-12-14-19;11-10-7-3-5-8-4-1-2-6-9(8)10/h10-14H,4-9,15-18H2,1-3H3;1-7,11H/q+1;. The predicted molar refractivity (Wildman–Crippen MR) is 141 cm³/mol. The van der Waals surface area contributed by atoms with Crippen LogP contribution in [0.25, 0.3) is 10.8 Å². The van der Waals surface area contributed by atoms with Crippen molar-refractivity contribution in [2.45, 2.75) is 70.7 Å². The smallest absolute Gasteiger partial charge is 0.104 e. The second-order valence-electron chi connectivity index (χ2n) is 8.72. The fourth-order valence-corrected chi connectivity index (χ4v) is 4.52. The zero-order valence-electron chi connectivity index (χ0n) is 19.9. The highest BCUT2D eigenvalue weighted by atomic mass is 32.1. The van der Waals surface area contributed by atoms with Crippen molar-refractivity contribution in [1.82, 2.24) is 0 Å². The molecule has 0 aromatic heterocycles. The number of nitrogens with zero attached hydrogens (tertiary/aromatic N) is 1. The number of thiol groups is 1. The zero-order valence-corrected chi connectivity index (χ0v) is 20.8. The van der Waals surface area contributed by atoms with E-state index < -0.39 is 0 Å². The Balaban J connectivity index is 0.000000258. The van der Waals surface area contributed by atoms with E-state index in [1.807, 2.05) is 24.3 Å². The van der Waals surface area contributed by atoms with Crippen LogP contribution in [0, 0.1) is 0 Å². The first kappa shape index (κ1) is 25.5. The minimum atomic E-state index is 1.04. The van der Waals surface area contributed by atoms with Gasteiger partial charge in [0, 0.05) is 10.5 Å². The van der Waals surface area contributed by atoms with Crippen LogP contribution in [0.1, 0.15) is 64.9 Å². The Morgan fingerprint density at radius 2 is 1.13 bits per heavy atom. The number of rotatable bonds is 11. The first-order valence-corrected chi connectivity index (χ1v) is 12.6. The molecule has 168 valence electrons. The lowest BCUT2D eigenvalue weighted by atomic mass is 10.1. The molecule has 3 aromatic carbocycles. The molecule has 0 spiro atoms. The number of hydrogen-bond acceptors (Lipinski definition) is 1. The van der Waals surface area contributed by atoms with E-state index in [0.29, 0.717) is 0 Å². The van der Waals surface area contributed by atoms with Gasteiger partial charge in [-0.25, -0.2) is 0 Å². The molecule has 3 aromatic rings. The van der Waals surface area contributed by atoms with Crippen molar-refractivity contribution >= 4 is 23.4 Å². The van der Waals surface area contributed by atoms with Crippen molar-refractivity contribution in [3.63, 3.8) is 0 Å². The molecule has 0 aliphatic carbocycles. The lowest BCUT2D eigenvalue weighted by Crippen LogP contribution is -2.49. The van der Waals surface area contributed by atoms with E-state index in [0.717, 1.165) is 4.90 Å². The van der Waals surface area contributed by atoms with Crippen LogP contribution < -0.4 is 0 Å². The summed E-state index contributed by atoms with van der Waals surface area (Å²) >= 11 is 4.35. The van der Waals surface area contributed by atoms with Crippen molar-refractivity contribution in [3.8, 4) is 0 Å². The van der Waals surface area contributed by atoms with Crippen LogP contribution in [-0.2, 0) is 6.54 Å². The summed E-state index contributed by atoms with van der Waals surface area (Å²) in [5, 5.41) is 2.47. The van der Waals surface area contributed by atoms with Gasteiger partial charge in [-0.2, -0.15) is 0 Å². The van der Waals surface area contributed by atoms with Crippen molar-refractivity contribution in [2.75, 3.05) is 19.6 Å². The zero-order chi connectivity index (χ0) is 22.4. The van der Waals surface area contributed by atoms with Gasteiger partial charge in [-0.1, -0.05) is 107 Å². The summed E-state index contributed by atoms with van der Waals surface area (Å²) in [6, 6.07) is 25.5. The molecule has 0 fully saturated rings. The van der Waals surface area contributed by atoms with E-state index in [9.17, 15) is 0 Å². The van der Waals surface area contributed by atoms with E-state index >= 15 is 0 Å². The Morgan fingerprint density at radius 1 is 0.613 bits per heavy atom. The Morgan fingerprint density at radius 3 is 1.68 bits per heavy atom. The fourth-order valence-electron chi connectivity index (χ4n) is 4.23. The van der Waals surface area contributed by atoms with E-state index in [1.54, 1.807) is 0 Å². The SMILES string of the molecule is CCCC[N+](CCCC)(CCCC)Cc1ccccc1.Sc1cccc2ccccc12. The van der Waals surface area contributed by atoms with Crippen molar-refractivity contribution in [3.05, 3.63) is 78.4 Å². The van der Waals surface area contributed by atoms with E-state index in [2.05, 4.69) is 81.9 Å². The summed E-state index contributed by atoms with van der Waals surface area (Å²) in [6.07, 6.45) is 8.02. The maximum absolute atomic E-state index is 4.35. The lowest BCUT2D eigenvalue weighted by Gasteiger charge is -2.39. The molecule has 0 N–H and O–H groups in total. The molecule has 0 amide bonds. The predicted octanol–water partition coefficient (Wildman–Crippen LogP) is 8.53. The average molecular weight is 437 g/mol. The second-order valence-corrected chi connectivity index (χ2v) is 9.20. The highest BCUT2D eigenvalue weighted by Gasteiger charge is 2.26. The monoisotopic (exact) mass is 436 g/mol. The molecular weight excluding hydrogens is 394 g/mol. The molecule has 1 nitrogen and oxygen atoms in total. The van der Waals surface area contributed by atoms with Crippen LogP contribution in [0.3, 0.4) is 0 Å². The first-order chi connectivity index (χ1) is 15.1. The maximum atomic E-state index is 4.35. The van der Waals surface area contributed by atoms with E-state index in [-0.39, 0.29) is 0 Å². The summed E-state index contributed by atoms with van der Waals surface area (Å²) < 4.78 is 1.31. The lowest BCUT2D eigenvalue weighted by molar-refractivity contribution is -0.941. The Bertz CT molecular complexity index is 832. The van der Waals surface area contributed by atoms with Gasteiger partial charge in [0.25, 0.3) is 0 Å². The van der Waals surface area contributed by atoms with E-state index in [1.165, 1.54) is 85.5 Å². The Kier molecular flexibility index (Phi) is 11.8. The molecule has 0 aliphatic rings. The quantitative estimate of drug-likeness (QED) is 0.226. The van der Waals surface area contributed by atoms with Crippen LogP contribution in [0.5, 0.6) is 0 Å². The van der Waals surface area contributed by atoms with Crippen LogP contribution in [-0.4, -0.2) is 24.1 Å². The van der Waals surface area contributed by atoms with Gasteiger partial charge in [-0.15, -0.1) is 12.6 Å². The summed E-state index contributed by atoms with van der Waals surface area (Å²) in [7, 11) is 0. The average Bonchev–Trinajstić information content (AvgIpc) is 2.81. The molecule has 0 atom stereocenters. The van der Waals surface area contributed by atoms with Gasteiger partial charge in [0.2, 0.25) is 0 Å². The van der Waals surface area contributed by atoms with Gasteiger partial charge >= 0.3 is 0 Å². The van der Waals surface area contributed by atoms with Gasteiger partial charge in [0.05, 0.1) is 19.6 Å². The van der Waals surface area contributed by atoms with Crippen LogP contribution in [0.2, 0.25) is 0 Å². The number of benzene rings is 3. The summed E-state index contributed by atoms with van der Waals surface area (Å²) in [4.78, 5) is 1.04. The molecular formula is C29H42NS+. The van der Waals surface area contributed by atoms with Gasteiger partial charge in [-0.3, -0.25) is 0 Å². The van der Waals surface area contributed by atoms with Gasteiger partial charge in [-0.05, 0) is 36.1 Å². The summed E-state index contributed by atoms with van der Waals surface area (Å²) in [5.41, 5.74) is 1.51. The van der Waals surface area contributed by atoms with Crippen LogP contribution in [0.15, 0.2) is 77.7 Å². The summed E-state index contributed by atoms with van der Waals surface area (Å²) in [5.74, 6) is 0. The number of unbranched alkanes of at least 4 members (excludes halogenated alkanes) is 3. The van der Waals surface area contributed by atoms with Crippen molar-refractivity contribution < 1.29 is 4.48 Å². The Labute approximate surface area is 196 Å². The maximum Gasteiger partial charge on any atom is 0.104 e. The fraction of sp³-hybridized carbons (Fsp3) is 0.448. The molecule has 0 aliphatic heterocycles. The van der Waals surface area contributed by atoms with Crippen LogP contribution in [0.4, 0.5) is 0 Å². The molecule has 3 rings (SSSR count). The van der Waals surface area contributed by atoms with E-state index in [4.69, 9.17) is 0 Å². The molecule has 0 unspecified atom stereocenters. The van der Waals surface area contributed by atoms with Gasteiger partial charge in [0.15, 0.2) is 0 Å². The normalized spacial score (nSPS) is 11.2. The largest absolute Gasteiger partial charge is 0.320 e. The Hall–Kier alpha value is -1.77. The number of quaternary nitrogens is 1. The van der Waals surface area contributed by atoms with Gasteiger partial charge < -0.3 is 4.48 Å². The van der Waals surface area contributed by atoms with Crippen LogP contribution >= 0.6 is 12.6 Å². The van der Waals surface area contributed by atoms with Crippen molar-refractivity contribution in [2.24, 2.45) is 0 Å². The minimum Gasteiger partial charge on any atom is -0.320 e. The first-order valence-electron chi connectivity index (χ1n) is 12.2. The summed E-state index contributed by atoms with van der Waals surface area (Å²) in [6.45, 7) is 12.2. The number of fused-ring (bicyclic) bond motifs is 1. The third kappa shape index (κ3) is 8.71. The second kappa shape index (κ2) is 14.3. The molecule has 0 bridgehead atoms. The topological polar surface area (TPSA) is 0 Å². The molecule has 31 heavy (non-hydrogen) atoms. The number of hydrogen-bond donors (Lipinski definition) is 1. The van der Waals surface area contributed by atoms with Crippen molar-refractivity contribution in [1.29, 1.82) is 0 Å². The highest BCUT2D eigenvalue weighted by Crippen LogP contribution is 2.21.